The third-order valence-corrected chi connectivity index (χ3v) is 7.18. The summed E-state index contributed by atoms with van der Waals surface area (Å²) in [6, 6.07) is 9.27. The summed E-state index contributed by atoms with van der Waals surface area (Å²) in [4.78, 5) is 17.9. The Bertz CT molecular complexity index is 1250. The quantitative estimate of drug-likeness (QED) is 0.415. The number of aliphatic carboxylic acids is 1. The molecular weight excluding hydrogens is 457 g/mol. The molecule has 1 aromatic carbocycles. The molecule has 0 spiro atoms. The molecule has 0 saturated carbocycles. The summed E-state index contributed by atoms with van der Waals surface area (Å²) in [7, 11) is 3.57. The Morgan fingerprint density at radius 2 is 2.14 bits per heavy atom. The van der Waals surface area contributed by atoms with E-state index in [-0.39, 0.29) is 12.3 Å². The van der Waals surface area contributed by atoms with E-state index in [2.05, 4.69) is 21.7 Å². The van der Waals surface area contributed by atoms with Crippen LogP contribution < -0.4 is 4.74 Å². The number of hydrogen-bond donors (Lipinski definition) is 1. The van der Waals surface area contributed by atoms with Crippen molar-refractivity contribution < 1.29 is 19.0 Å². The standard InChI is InChI=1S/C29H34FN3O3/c1-32-16-12-21(19-32)4-3-15-33-17-13-22(23(20-33)6-10-29(34)35)5-8-27(30)25-11-14-31-28-9-7-24(36-2)18-26(25)28/h7,9,11-12,14,16,18-19,22-23,27H,5-6,8,10,13,15,17,20H2,1-2H3,(H,34,35)/t22-,23+,27?/m1/s1. The van der Waals surface area contributed by atoms with Crippen molar-refractivity contribution in [2.75, 3.05) is 26.7 Å². The lowest BCUT2D eigenvalue weighted by atomic mass is 9.79. The maximum atomic E-state index is 15.5. The molecule has 4 rings (SSSR count). The van der Waals surface area contributed by atoms with Gasteiger partial charge in [-0.15, -0.1) is 0 Å². The molecule has 6 nitrogen and oxygen atoms in total. The van der Waals surface area contributed by atoms with Crippen molar-refractivity contribution >= 4 is 16.9 Å². The maximum absolute atomic E-state index is 15.5. The van der Waals surface area contributed by atoms with E-state index >= 15 is 4.39 Å². The molecule has 1 unspecified atom stereocenters. The number of methoxy groups -OCH3 is 1. The molecule has 1 aliphatic rings. The fourth-order valence-corrected chi connectivity index (χ4v) is 5.21. The van der Waals surface area contributed by atoms with E-state index in [0.29, 0.717) is 36.6 Å². The number of likely N-dealkylation sites (tertiary alicyclic amines) is 1. The lowest BCUT2D eigenvalue weighted by molar-refractivity contribution is -0.137. The summed E-state index contributed by atoms with van der Waals surface area (Å²) in [5.41, 5.74) is 2.37. The minimum Gasteiger partial charge on any atom is -0.497 e. The van der Waals surface area contributed by atoms with Crippen molar-refractivity contribution in [3.8, 4) is 17.6 Å². The third-order valence-electron chi connectivity index (χ3n) is 7.18. The second-order valence-corrected chi connectivity index (χ2v) is 9.67. The van der Waals surface area contributed by atoms with Gasteiger partial charge < -0.3 is 14.4 Å². The van der Waals surface area contributed by atoms with Gasteiger partial charge in [-0.05, 0) is 80.0 Å². The molecule has 3 aromatic rings. The topological polar surface area (TPSA) is 67.6 Å². The number of carbonyl (C=O) groups is 1. The van der Waals surface area contributed by atoms with Crippen molar-refractivity contribution in [3.63, 3.8) is 0 Å². The Morgan fingerprint density at radius 3 is 2.89 bits per heavy atom. The van der Waals surface area contributed by atoms with Gasteiger partial charge in [-0.3, -0.25) is 14.7 Å². The fourth-order valence-electron chi connectivity index (χ4n) is 5.21. The van der Waals surface area contributed by atoms with Gasteiger partial charge in [0.1, 0.15) is 11.9 Å². The van der Waals surface area contributed by atoms with Crippen LogP contribution in [0, 0.1) is 23.7 Å². The van der Waals surface area contributed by atoms with Crippen molar-refractivity contribution in [2.24, 2.45) is 18.9 Å². The summed E-state index contributed by atoms with van der Waals surface area (Å²) in [5.74, 6) is 6.86. The van der Waals surface area contributed by atoms with Crippen LogP contribution in [0.1, 0.15) is 49.4 Å². The Morgan fingerprint density at radius 1 is 1.28 bits per heavy atom. The average molecular weight is 492 g/mol. The Hall–Kier alpha value is -3.37. The van der Waals surface area contributed by atoms with E-state index in [1.807, 2.05) is 48.3 Å². The number of aryl methyl sites for hydroxylation is 1. The van der Waals surface area contributed by atoms with E-state index in [4.69, 9.17) is 4.74 Å². The molecule has 0 aliphatic carbocycles. The smallest absolute Gasteiger partial charge is 0.303 e. The van der Waals surface area contributed by atoms with Gasteiger partial charge in [0.25, 0.3) is 0 Å². The second kappa shape index (κ2) is 12.0. The van der Waals surface area contributed by atoms with Crippen LogP contribution in [0.25, 0.3) is 10.9 Å². The highest BCUT2D eigenvalue weighted by molar-refractivity contribution is 5.83. The average Bonchev–Trinajstić information content (AvgIpc) is 3.30. The van der Waals surface area contributed by atoms with Gasteiger partial charge in [0, 0.05) is 49.6 Å². The van der Waals surface area contributed by atoms with Crippen LogP contribution in [0.2, 0.25) is 0 Å². The molecule has 36 heavy (non-hydrogen) atoms. The largest absolute Gasteiger partial charge is 0.497 e. The first-order chi connectivity index (χ1) is 17.4. The number of alkyl halides is 1. The van der Waals surface area contributed by atoms with Crippen molar-refractivity contribution in [1.82, 2.24) is 14.5 Å². The molecule has 0 amide bonds. The van der Waals surface area contributed by atoms with Gasteiger partial charge in [-0.1, -0.05) is 11.8 Å². The summed E-state index contributed by atoms with van der Waals surface area (Å²) in [6.45, 7) is 2.35. The zero-order valence-corrected chi connectivity index (χ0v) is 21.0. The number of benzene rings is 1. The first kappa shape index (κ1) is 25.7. The fraction of sp³-hybridized carbons (Fsp3) is 0.448. The zero-order chi connectivity index (χ0) is 25.5. The minimum atomic E-state index is -1.11. The molecular formula is C29H34FN3O3. The Labute approximate surface area is 212 Å². The number of fused-ring (bicyclic) bond motifs is 1. The molecule has 3 atom stereocenters. The van der Waals surface area contributed by atoms with Crippen LogP contribution in [-0.2, 0) is 11.8 Å². The zero-order valence-electron chi connectivity index (χ0n) is 21.0. The number of piperidine rings is 1. The van der Waals surface area contributed by atoms with Gasteiger partial charge >= 0.3 is 5.97 Å². The highest BCUT2D eigenvalue weighted by atomic mass is 19.1. The van der Waals surface area contributed by atoms with Crippen LogP contribution in [0.4, 0.5) is 4.39 Å². The molecule has 1 N–H and O–H groups in total. The van der Waals surface area contributed by atoms with Gasteiger partial charge in [0.15, 0.2) is 0 Å². The van der Waals surface area contributed by atoms with Gasteiger partial charge in [0.05, 0.1) is 19.2 Å². The Balaban J connectivity index is 1.39. The van der Waals surface area contributed by atoms with Gasteiger partial charge in [-0.2, -0.15) is 0 Å². The number of carboxylic acid groups (broad SMARTS) is 1. The van der Waals surface area contributed by atoms with E-state index in [9.17, 15) is 9.90 Å². The number of carboxylic acids is 1. The number of ether oxygens (including phenoxy) is 1. The van der Waals surface area contributed by atoms with Crippen LogP contribution in [0.3, 0.4) is 0 Å². The van der Waals surface area contributed by atoms with E-state index in [0.717, 1.165) is 42.4 Å². The highest BCUT2D eigenvalue weighted by Gasteiger charge is 2.30. The van der Waals surface area contributed by atoms with Crippen molar-refractivity contribution in [1.29, 1.82) is 0 Å². The van der Waals surface area contributed by atoms with Crippen LogP contribution in [0.5, 0.6) is 5.75 Å². The molecule has 0 bridgehead atoms. The molecule has 190 valence electrons. The van der Waals surface area contributed by atoms with Crippen molar-refractivity contribution in [3.05, 3.63) is 60.0 Å². The Kier molecular flexibility index (Phi) is 8.61. The number of hydrogen-bond acceptors (Lipinski definition) is 4. The van der Waals surface area contributed by atoms with Crippen LogP contribution in [0.15, 0.2) is 48.9 Å². The summed E-state index contributed by atoms with van der Waals surface area (Å²) in [6.07, 6.45) is 7.30. The molecule has 0 radical (unpaired) electrons. The predicted molar refractivity (Wildman–Crippen MR) is 139 cm³/mol. The summed E-state index contributed by atoms with van der Waals surface area (Å²) < 4.78 is 22.8. The molecule has 7 heteroatoms. The number of aromatic nitrogens is 2. The molecule has 2 aromatic heterocycles. The van der Waals surface area contributed by atoms with E-state index < -0.39 is 12.1 Å². The van der Waals surface area contributed by atoms with E-state index in [1.165, 1.54) is 0 Å². The monoisotopic (exact) mass is 491 g/mol. The molecule has 1 saturated heterocycles. The molecule has 1 fully saturated rings. The SMILES string of the molecule is COc1ccc2nccc(C(F)CC[C@@H]3CCN(CC#Cc4ccn(C)c4)C[C@@H]3CCC(=O)O)c2c1. The third kappa shape index (κ3) is 6.64. The number of pyridine rings is 1. The number of halogens is 1. The molecule has 3 heterocycles. The van der Waals surface area contributed by atoms with Crippen LogP contribution >= 0.6 is 0 Å². The number of nitrogens with zero attached hydrogens (tertiary/aromatic N) is 3. The van der Waals surface area contributed by atoms with Crippen LogP contribution in [-0.4, -0.2) is 52.3 Å². The van der Waals surface area contributed by atoms with Gasteiger partial charge in [-0.25, -0.2) is 4.39 Å². The predicted octanol–water partition coefficient (Wildman–Crippen LogP) is 5.23. The lowest BCUT2D eigenvalue weighted by Gasteiger charge is -2.38. The van der Waals surface area contributed by atoms with Crippen molar-refractivity contribution in [2.45, 2.75) is 38.3 Å². The van der Waals surface area contributed by atoms with E-state index in [1.54, 1.807) is 19.4 Å². The normalized spacial score (nSPS) is 19.0. The highest BCUT2D eigenvalue weighted by Crippen LogP contribution is 2.36. The number of rotatable bonds is 9. The minimum absolute atomic E-state index is 0.137. The summed E-state index contributed by atoms with van der Waals surface area (Å²) >= 11 is 0. The molecule has 1 aliphatic heterocycles. The maximum Gasteiger partial charge on any atom is 0.303 e. The first-order valence-corrected chi connectivity index (χ1v) is 12.5. The lowest BCUT2D eigenvalue weighted by Crippen LogP contribution is -2.41. The summed E-state index contributed by atoms with van der Waals surface area (Å²) in [5, 5.41) is 10.0. The first-order valence-electron chi connectivity index (χ1n) is 12.5. The van der Waals surface area contributed by atoms with Gasteiger partial charge in [0.2, 0.25) is 0 Å². The second-order valence-electron chi connectivity index (χ2n) is 9.67.